The Labute approximate surface area is 180 Å². The lowest BCUT2D eigenvalue weighted by Crippen LogP contribution is -2.23. The van der Waals surface area contributed by atoms with Crippen molar-refractivity contribution in [3.8, 4) is 17.5 Å². The fraction of sp³-hybridized carbons (Fsp3) is 0.208. The van der Waals surface area contributed by atoms with Crippen LogP contribution < -0.4 is 15.6 Å². The number of aromatic nitrogens is 2. The van der Waals surface area contributed by atoms with Gasteiger partial charge in [-0.3, -0.25) is 14.3 Å². The van der Waals surface area contributed by atoms with Gasteiger partial charge in [-0.1, -0.05) is 36.4 Å². The zero-order valence-corrected chi connectivity index (χ0v) is 17.9. The van der Waals surface area contributed by atoms with E-state index < -0.39 is 5.91 Å². The average molecular weight is 416 g/mol. The highest BCUT2D eigenvalue weighted by molar-refractivity contribution is 6.10. The van der Waals surface area contributed by atoms with Crippen molar-refractivity contribution in [2.75, 3.05) is 5.32 Å². The van der Waals surface area contributed by atoms with Gasteiger partial charge in [0, 0.05) is 12.6 Å². The molecule has 0 saturated carbocycles. The molecule has 0 spiro atoms. The number of para-hydroxylation sites is 2. The molecule has 0 aliphatic carbocycles. The Morgan fingerprint density at radius 1 is 1.13 bits per heavy atom. The molecule has 2 aromatic carbocycles. The molecule has 3 rings (SSSR count). The summed E-state index contributed by atoms with van der Waals surface area (Å²) in [6.07, 6.45) is 1.40. The normalized spacial score (nSPS) is 11.3. The van der Waals surface area contributed by atoms with Crippen molar-refractivity contribution in [3.05, 3.63) is 81.8 Å². The van der Waals surface area contributed by atoms with Gasteiger partial charge in [-0.25, -0.2) is 4.68 Å². The number of anilines is 1. The Bertz CT molecular complexity index is 1230. The Balaban J connectivity index is 1.96. The largest absolute Gasteiger partial charge is 0.490 e. The van der Waals surface area contributed by atoms with Gasteiger partial charge in [0.25, 0.3) is 11.5 Å². The van der Waals surface area contributed by atoms with E-state index in [1.807, 2.05) is 44.2 Å². The van der Waals surface area contributed by atoms with E-state index in [-0.39, 0.29) is 22.9 Å². The molecular weight excluding hydrogens is 392 g/mol. The molecule has 31 heavy (non-hydrogen) atoms. The highest BCUT2D eigenvalue weighted by Gasteiger charge is 2.20. The number of hydrogen-bond acceptors (Lipinski definition) is 4. The van der Waals surface area contributed by atoms with Crippen molar-refractivity contribution in [3.63, 3.8) is 0 Å². The van der Waals surface area contributed by atoms with Crippen LogP contribution in [-0.2, 0) is 11.8 Å². The molecule has 0 unspecified atom stereocenters. The molecule has 0 atom stereocenters. The van der Waals surface area contributed by atoms with Crippen molar-refractivity contribution in [1.29, 1.82) is 5.26 Å². The fourth-order valence-electron chi connectivity index (χ4n) is 3.16. The van der Waals surface area contributed by atoms with Gasteiger partial charge in [0.2, 0.25) is 0 Å². The smallest absolute Gasteiger partial charge is 0.295 e. The molecule has 158 valence electrons. The minimum Gasteiger partial charge on any atom is -0.490 e. The summed E-state index contributed by atoms with van der Waals surface area (Å²) in [5.74, 6) is -0.0896. The van der Waals surface area contributed by atoms with E-state index in [1.165, 1.54) is 10.8 Å². The molecule has 0 fully saturated rings. The molecule has 0 radical (unpaired) electrons. The molecular formula is C24H24N4O3. The van der Waals surface area contributed by atoms with E-state index in [1.54, 1.807) is 49.0 Å². The number of nitrogens with one attached hydrogen (secondary N) is 1. The number of nitriles is 1. The van der Waals surface area contributed by atoms with Crippen LogP contribution in [0.3, 0.4) is 0 Å². The number of rotatable bonds is 6. The monoisotopic (exact) mass is 416 g/mol. The first-order chi connectivity index (χ1) is 14.8. The summed E-state index contributed by atoms with van der Waals surface area (Å²) >= 11 is 0. The van der Waals surface area contributed by atoms with Gasteiger partial charge < -0.3 is 10.1 Å². The highest BCUT2D eigenvalue weighted by atomic mass is 16.5. The van der Waals surface area contributed by atoms with Crippen LogP contribution >= 0.6 is 0 Å². The zero-order chi connectivity index (χ0) is 22.5. The summed E-state index contributed by atoms with van der Waals surface area (Å²) in [6, 6.07) is 18.2. The summed E-state index contributed by atoms with van der Waals surface area (Å²) < 4.78 is 8.88. The summed E-state index contributed by atoms with van der Waals surface area (Å²) in [5.41, 5.74) is 1.48. The maximum absolute atomic E-state index is 13.0. The minimum absolute atomic E-state index is 0.0580. The molecule has 1 N–H and O–H groups in total. The maximum Gasteiger partial charge on any atom is 0.295 e. The Morgan fingerprint density at radius 2 is 1.77 bits per heavy atom. The van der Waals surface area contributed by atoms with Gasteiger partial charge in [-0.15, -0.1) is 0 Å². The molecule has 1 amide bonds. The fourth-order valence-corrected chi connectivity index (χ4v) is 3.16. The van der Waals surface area contributed by atoms with Crippen LogP contribution in [0.2, 0.25) is 0 Å². The minimum atomic E-state index is -0.659. The molecule has 3 aromatic rings. The van der Waals surface area contributed by atoms with Crippen molar-refractivity contribution in [1.82, 2.24) is 9.36 Å². The second-order valence-corrected chi connectivity index (χ2v) is 7.26. The quantitative estimate of drug-likeness (QED) is 0.489. The lowest BCUT2D eigenvalue weighted by molar-refractivity contribution is -0.112. The number of amides is 1. The summed E-state index contributed by atoms with van der Waals surface area (Å²) in [4.78, 5) is 25.8. The highest BCUT2D eigenvalue weighted by Crippen LogP contribution is 2.23. The molecule has 0 bridgehead atoms. The predicted molar refractivity (Wildman–Crippen MR) is 120 cm³/mol. The van der Waals surface area contributed by atoms with E-state index in [9.17, 15) is 14.9 Å². The van der Waals surface area contributed by atoms with Gasteiger partial charge in [-0.2, -0.15) is 5.26 Å². The first-order valence-electron chi connectivity index (χ1n) is 9.86. The van der Waals surface area contributed by atoms with E-state index in [0.29, 0.717) is 22.7 Å². The van der Waals surface area contributed by atoms with Crippen molar-refractivity contribution >= 4 is 17.7 Å². The van der Waals surface area contributed by atoms with E-state index in [2.05, 4.69) is 5.32 Å². The molecule has 7 nitrogen and oxygen atoms in total. The first kappa shape index (κ1) is 21.7. The standard InChI is InChI=1S/C24H24N4O3/c1-16(2)31-21-13-9-8-10-18(21)14-19(15-25)23(29)26-22-17(3)27(4)28(24(22)30)20-11-6-5-7-12-20/h5-14,16H,1-4H3,(H,26,29). The lowest BCUT2D eigenvalue weighted by atomic mass is 10.1. The number of carbonyl (C=O) groups is 1. The Morgan fingerprint density at radius 3 is 2.42 bits per heavy atom. The van der Waals surface area contributed by atoms with Gasteiger partial charge in [0.15, 0.2) is 0 Å². The van der Waals surface area contributed by atoms with E-state index in [4.69, 9.17) is 4.74 Å². The first-order valence-corrected chi connectivity index (χ1v) is 9.86. The van der Waals surface area contributed by atoms with Gasteiger partial charge >= 0.3 is 0 Å². The van der Waals surface area contributed by atoms with Crippen LogP contribution in [0.1, 0.15) is 25.1 Å². The van der Waals surface area contributed by atoms with Crippen LogP contribution in [-0.4, -0.2) is 21.4 Å². The molecule has 7 heteroatoms. The van der Waals surface area contributed by atoms with Crippen molar-refractivity contribution in [2.45, 2.75) is 26.9 Å². The van der Waals surface area contributed by atoms with Gasteiger partial charge in [-0.05, 0) is 45.0 Å². The van der Waals surface area contributed by atoms with Crippen LogP contribution in [0.5, 0.6) is 5.75 Å². The molecule has 0 aliphatic heterocycles. The molecule has 1 heterocycles. The number of nitrogens with zero attached hydrogens (tertiary/aromatic N) is 3. The van der Waals surface area contributed by atoms with Crippen molar-refractivity contribution in [2.24, 2.45) is 7.05 Å². The third kappa shape index (κ3) is 4.59. The van der Waals surface area contributed by atoms with Crippen LogP contribution in [0.15, 0.2) is 65.0 Å². The van der Waals surface area contributed by atoms with Crippen molar-refractivity contribution < 1.29 is 9.53 Å². The zero-order valence-electron chi connectivity index (χ0n) is 17.9. The Kier molecular flexibility index (Phi) is 6.41. The summed E-state index contributed by atoms with van der Waals surface area (Å²) in [6.45, 7) is 5.53. The molecule has 0 saturated heterocycles. The average Bonchev–Trinajstić information content (AvgIpc) is 2.96. The van der Waals surface area contributed by atoms with Crippen LogP contribution in [0.4, 0.5) is 5.69 Å². The second-order valence-electron chi connectivity index (χ2n) is 7.26. The molecule has 1 aromatic heterocycles. The molecule has 0 aliphatic rings. The third-order valence-corrected chi connectivity index (χ3v) is 4.74. The van der Waals surface area contributed by atoms with E-state index >= 15 is 0 Å². The number of carbonyl (C=O) groups excluding carboxylic acids is 1. The topological polar surface area (TPSA) is 89.1 Å². The SMILES string of the molecule is Cc1c(NC(=O)C(C#N)=Cc2ccccc2OC(C)C)c(=O)n(-c2ccccc2)n1C. The number of hydrogen-bond donors (Lipinski definition) is 1. The van der Waals surface area contributed by atoms with Crippen LogP contribution in [0.25, 0.3) is 11.8 Å². The van der Waals surface area contributed by atoms with Gasteiger partial charge in [0.1, 0.15) is 23.1 Å². The predicted octanol–water partition coefficient (Wildman–Crippen LogP) is 3.82. The van der Waals surface area contributed by atoms with E-state index in [0.717, 1.165) is 0 Å². The number of ether oxygens (including phenoxy) is 1. The Hall–Kier alpha value is -4.05. The van der Waals surface area contributed by atoms with Gasteiger partial charge in [0.05, 0.1) is 17.5 Å². The summed E-state index contributed by atoms with van der Waals surface area (Å²) in [7, 11) is 1.74. The number of benzene rings is 2. The maximum atomic E-state index is 13.0. The second kappa shape index (κ2) is 9.18. The lowest BCUT2D eigenvalue weighted by Gasteiger charge is -2.12. The summed E-state index contributed by atoms with van der Waals surface area (Å²) in [5, 5.41) is 12.2. The van der Waals surface area contributed by atoms with Crippen LogP contribution in [0, 0.1) is 18.3 Å². The third-order valence-electron chi connectivity index (χ3n) is 4.74.